The Morgan fingerprint density at radius 3 is 2.94 bits per heavy atom. The molecule has 2 heterocycles. The van der Waals surface area contributed by atoms with Crippen molar-refractivity contribution in [2.45, 2.75) is 38.5 Å². The highest BCUT2D eigenvalue weighted by molar-refractivity contribution is 7.09. The Bertz CT molecular complexity index is 348. The standard InChI is InChI=1S/C12H20N2O2S/c1-9(16-2)12-13-10(8-17-12)7-14-5-3-11(15)4-6-14/h8-9,11,15H,3-7H2,1-2H3. The Balaban J connectivity index is 1.88. The minimum atomic E-state index is -0.106. The van der Waals surface area contributed by atoms with Crippen LogP contribution in [0.15, 0.2) is 5.38 Å². The van der Waals surface area contributed by atoms with Gasteiger partial charge in [0.05, 0.1) is 11.8 Å². The van der Waals surface area contributed by atoms with E-state index >= 15 is 0 Å². The molecule has 0 aliphatic carbocycles. The molecule has 1 aromatic heterocycles. The number of likely N-dealkylation sites (tertiary alicyclic amines) is 1. The SMILES string of the molecule is COC(C)c1nc(CN2CCC(O)CC2)cs1. The maximum Gasteiger partial charge on any atom is 0.122 e. The molecule has 1 unspecified atom stereocenters. The van der Waals surface area contributed by atoms with E-state index in [1.165, 1.54) is 0 Å². The molecule has 0 radical (unpaired) electrons. The maximum absolute atomic E-state index is 9.45. The molecule has 1 atom stereocenters. The largest absolute Gasteiger partial charge is 0.393 e. The Morgan fingerprint density at radius 2 is 2.29 bits per heavy atom. The van der Waals surface area contributed by atoms with E-state index in [1.54, 1.807) is 18.4 Å². The highest BCUT2D eigenvalue weighted by Gasteiger charge is 2.18. The van der Waals surface area contributed by atoms with Crippen molar-refractivity contribution in [1.82, 2.24) is 9.88 Å². The summed E-state index contributed by atoms with van der Waals surface area (Å²) >= 11 is 1.66. The Morgan fingerprint density at radius 1 is 1.59 bits per heavy atom. The summed E-state index contributed by atoms with van der Waals surface area (Å²) in [7, 11) is 1.71. The minimum absolute atomic E-state index is 0.0805. The second kappa shape index (κ2) is 5.91. The highest BCUT2D eigenvalue weighted by atomic mass is 32.1. The molecule has 4 nitrogen and oxygen atoms in total. The first-order valence-electron chi connectivity index (χ1n) is 6.06. The van der Waals surface area contributed by atoms with Crippen LogP contribution >= 0.6 is 11.3 Å². The molecular formula is C12H20N2O2S. The van der Waals surface area contributed by atoms with E-state index in [4.69, 9.17) is 4.74 Å². The summed E-state index contributed by atoms with van der Waals surface area (Å²) in [6, 6.07) is 0. The highest BCUT2D eigenvalue weighted by Crippen LogP contribution is 2.22. The molecule has 1 aliphatic rings. The Hall–Kier alpha value is -0.490. The zero-order valence-corrected chi connectivity index (χ0v) is 11.2. The van der Waals surface area contributed by atoms with E-state index in [0.29, 0.717) is 0 Å². The van der Waals surface area contributed by atoms with Gasteiger partial charge in [-0.1, -0.05) is 0 Å². The zero-order chi connectivity index (χ0) is 12.3. The molecule has 1 aliphatic heterocycles. The van der Waals surface area contributed by atoms with Crippen LogP contribution < -0.4 is 0 Å². The lowest BCUT2D eigenvalue weighted by Crippen LogP contribution is -2.35. The van der Waals surface area contributed by atoms with Gasteiger partial charge in [-0.2, -0.15) is 0 Å². The average Bonchev–Trinajstić information content (AvgIpc) is 2.80. The topological polar surface area (TPSA) is 45.6 Å². The van der Waals surface area contributed by atoms with Gasteiger partial charge in [0, 0.05) is 32.1 Å². The maximum atomic E-state index is 9.45. The zero-order valence-electron chi connectivity index (χ0n) is 10.4. The number of thiazole rings is 1. The molecule has 0 spiro atoms. The summed E-state index contributed by atoms with van der Waals surface area (Å²) in [4.78, 5) is 6.93. The van der Waals surface area contributed by atoms with Crippen molar-refractivity contribution in [3.63, 3.8) is 0 Å². The van der Waals surface area contributed by atoms with Crippen LogP contribution in [0.2, 0.25) is 0 Å². The number of piperidine rings is 1. The van der Waals surface area contributed by atoms with Crippen molar-refractivity contribution in [1.29, 1.82) is 0 Å². The summed E-state index contributed by atoms with van der Waals surface area (Å²) in [5.41, 5.74) is 1.12. The molecule has 96 valence electrons. The number of aromatic nitrogens is 1. The average molecular weight is 256 g/mol. The van der Waals surface area contributed by atoms with Gasteiger partial charge in [0.2, 0.25) is 0 Å². The summed E-state index contributed by atoms with van der Waals surface area (Å²) in [6.45, 7) is 4.83. The number of methoxy groups -OCH3 is 1. The first-order chi connectivity index (χ1) is 8.19. The van der Waals surface area contributed by atoms with Gasteiger partial charge in [-0.3, -0.25) is 4.90 Å². The molecule has 0 amide bonds. The van der Waals surface area contributed by atoms with Crippen molar-refractivity contribution in [3.05, 3.63) is 16.1 Å². The molecule has 0 aromatic carbocycles. The molecule has 1 aromatic rings. The van der Waals surface area contributed by atoms with Gasteiger partial charge < -0.3 is 9.84 Å². The van der Waals surface area contributed by atoms with Crippen LogP contribution in [0.3, 0.4) is 0 Å². The third-order valence-corrected chi connectivity index (χ3v) is 4.27. The molecule has 17 heavy (non-hydrogen) atoms. The summed E-state index contributed by atoms with van der Waals surface area (Å²) in [6.07, 6.45) is 1.74. The van der Waals surface area contributed by atoms with E-state index in [2.05, 4.69) is 15.3 Å². The van der Waals surface area contributed by atoms with E-state index in [0.717, 1.165) is 43.2 Å². The van der Waals surface area contributed by atoms with Crippen molar-refractivity contribution >= 4 is 11.3 Å². The van der Waals surface area contributed by atoms with Gasteiger partial charge in [0.25, 0.3) is 0 Å². The van der Waals surface area contributed by atoms with Crippen LogP contribution in [0, 0.1) is 0 Å². The molecule has 1 fully saturated rings. The van der Waals surface area contributed by atoms with Crippen LogP contribution in [-0.2, 0) is 11.3 Å². The Kier molecular flexibility index (Phi) is 4.50. The van der Waals surface area contributed by atoms with E-state index < -0.39 is 0 Å². The number of nitrogens with zero attached hydrogens (tertiary/aromatic N) is 2. The fraction of sp³-hybridized carbons (Fsp3) is 0.750. The first-order valence-corrected chi connectivity index (χ1v) is 6.94. The van der Waals surface area contributed by atoms with Gasteiger partial charge in [-0.05, 0) is 19.8 Å². The smallest absolute Gasteiger partial charge is 0.122 e. The summed E-state index contributed by atoms with van der Waals surface area (Å²) in [5.74, 6) is 0. The summed E-state index contributed by atoms with van der Waals surface area (Å²) in [5, 5.41) is 12.6. The van der Waals surface area contributed by atoms with Crippen LogP contribution in [0.25, 0.3) is 0 Å². The number of aliphatic hydroxyl groups is 1. The molecule has 1 N–H and O–H groups in total. The number of ether oxygens (including phenoxy) is 1. The number of hydrogen-bond donors (Lipinski definition) is 1. The number of aliphatic hydroxyl groups excluding tert-OH is 1. The molecular weight excluding hydrogens is 236 g/mol. The molecule has 2 rings (SSSR count). The van der Waals surface area contributed by atoms with Gasteiger partial charge >= 0.3 is 0 Å². The third kappa shape index (κ3) is 3.48. The van der Waals surface area contributed by atoms with Crippen molar-refractivity contribution in [2.75, 3.05) is 20.2 Å². The van der Waals surface area contributed by atoms with Gasteiger partial charge in [-0.15, -0.1) is 11.3 Å². The van der Waals surface area contributed by atoms with Gasteiger partial charge in [-0.25, -0.2) is 4.98 Å². The lowest BCUT2D eigenvalue weighted by molar-refractivity contribution is 0.0785. The minimum Gasteiger partial charge on any atom is -0.393 e. The van der Waals surface area contributed by atoms with E-state index in [9.17, 15) is 5.11 Å². The monoisotopic (exact) mass is 256 g/mol. The Labute approximate surface area is 106 Å². The second-order valence-electron chi connectivity index (χ2n) is 4.56. The summed E-state index contributed by atoms with van der Waals surface area (Å²) < 4.78 is 5.25. The van der Waals surface area contributed by atoms with Crippen molar-refractivity contribution < 1.29 is 9.84 Å². The molecule has 0 bridgehead atoms. The first kappa shape index (κ1) is 13.0. The van der Waals surface area contributed by atoms with Crippen LogP contribution in [0.1, 0.15) is 36.6 Å². The van der Waals surface area contributed by atoms with Gasteiger partial charge in [0.1, 0.15) is 11.1 Å². The van der Waals surface area contributed by atoms with Crippen LogP contribution in [-0.4, -0.2) is 41.3 Å². The normalized spacial score (nSPS) is 20.6. The van der Waals surface area contributed by atoms with Crippen LogP contribution in [0.4, 0.5) is 0 Å². The van der Waals surface area contributed by atoms with Crippen molar-refractivity contribution in [2.24, 2.45) is 0 Å². The predicted molar refractivity (Wildman–Crippen MR) is 68.1 cm³/mol. The van der Waals surface area contributed by atoms with E-state index in [-0.39, 0.29) is 12.2 Å². The van der Waals surface area contributed by atoms with E-state index in [1.807, 2.05) is 6.92 Å². The fourth-order valence-electron chi connectivity index (χ4n) is 1.99. The van der Waals surface area contributed by atoms with Crippen LogP contribution in [0.5, 0.6) is 0 Å². The number of rotatable bonds is 4. The molecule has 0 saturated carbocycles. The molecule has 1 saturated heterocycles. The quantitative estimate of drug-likeness (QED) is 0.892. The lowest BCUT2D eigenvalue weighted by Gasteiger charge is -2.28. The second-order valence-corrected chi connectivity index (χ2v) is 5.45. The molecule has 5 heteroatoms. The number of hydrogen-bond acceptors (Lipinski definition) is 5. The van der Waals surface area contributed by atoms with Gasteiger partial charge in [0.15, 0.2) is 0 Å². The van der Waals surface area contributed by atoms with Crippen molar-refractivity contribution in [3.8, 4) is 0 Å². The fourth-order valence-corrected chi connectivity index (χ4v) is 2.83. The predicted octanol–water partition coefficient (Wildman–Crippen LogP) is 1.81. The third-order valence-electron chi connectivity index (χ3n) is 3.21. The lowest BCUT2D eigenvalue weighted by atomic mass is 10.1.